The summed E-state index contributed by atoms with van der Waals surface area (Å²) < 4.78 is 6.03. The number of fused-ring (bicyclic) bond motifs is 1. The molecule has 4 aromatic carbocycles. The van der Waals surface area contributed by atoms with Crippen molar-refractivity contribution in [1.82, 2.24) is 15.1 Å². The number of ether oxygens (including phenoxy) is 1. The maximum Gasteiger partial charge on any atom is 0.255 e. The molecule has 0 aliphatic carbocycles. The zero-order valence-electron chi connectivity index (χ0n) is 31.6. The average Bonchev–Trinajstić information content (AvgIpc) is 3.55. The molecule has 290 valence electrons. The summed E-state index contributed by atoms with van der Waals surface area (Å²) in [5.74, 6) is -0.0476. The predicted octanol–water partition coefficient (Wildman–Crippen LogP) is 7.46. The van der Waals surface area contributed by atoms with Gasteiger partial charge < -0.3 is 19.9 Å². The first-order valence-electron chi connectivity index (χ1n) is 19.2. The summed E-state index contributed by atoms with van der Waals surface area (Å²) in [5, 5.41) is 5.23. The number of carbonyl (C=O) groups excluding carboxylic acids is 5. The summed E-state index contributed by atoms with van der Waals surface area (Å²) in [6.45, 7) is 0.976. The standard InChI is InChI=1S/C45H47ClN4O6/c1-49(28-29-56-34-22-20-33(21-23-34)43(32-14-7-3-8-15-32)35(26-27-46)31-12-5-2-6-13-31)42(53)19-10-4-9-18-40(51)47-38-17-11-16-36-37(38)30-50(45(36)55)39-24-25-41(52)48-44(39)54/h2-3,5-8,11-17,20-23,39H,4,9-10,18-19,24-30H2,1H3,(H,47,51)(H,48,52,54)/b43-35-. The van der Waals surface area contributed by atoms with E-state index in [2.05, 4.69) is 47.0 Å². The number of benzene rings is 4. The molecule has 1 fully saturated rings. The number of alkyl halides is 1. The number of rotatable bonds is 17. The smallest absolute Gasteiger partial charge is 0.255 e. The molecule has 2 aliphatic heterocycles. The Morgan fingerprint density at radius 3 is 2.20 bits per heavy atom. The van der Waals surface area contributed by atoms with E-state index in [1.54, 1.807) is 30.1 Å². The Balaban J connectivity index is 0.928. The molecule has 2 aliphatic rings. The number of carbonyl (C=O) groups is 5. The molecule has 5 amide bonds. The number of anilines is 1. The number of allylic oxidation sites excluding steroid dienone is 1. The molecular formula is C45H47ClN4O6. The van der Waals surface area contributed by atoms with Crippen LogP contribution in [0.1, 0.15) is 84.0 Å². The van der Waals surface area contributed by atoms with Gasteiger partial charge in [0.2, 0.25) is 23.6 Å². The number of amides is 5. The van der Waals surface area contributed by atoms with Gasteiger partial charge in [-0.15, -0.1) is 11.6 Å². The molecular weight excluding hydrogens is 728 g/mol. The molecule has 0 radical (unpaired) electrons. The third kappa shape index (κ3) is 9.92. The van der Waals surface area contributed by atoms with Gasteiger partial charge in [-0.05, 0) is 77.8 Å². The van der Waals surface area contributed by atoms with E-state index in [0.29, 0.717) is 61.5 Å². The lowest BCUT2D eigenvalue weighted by Crippen LogP contribution is -2.52. The number of imide groups is 1. The van der Waals surface area contributed by atoms with Crippen LogP contribution in [0.2, 0.25) is 0 Å². The van der Waals surface area contributed by atoms with Crippen LogP contribution in [0.15, 0.2) is 103 Å². The van der Waals surface area contributed by atoms with E-state index in [0.717, 1.165) is 34.4 Å². The van der Waals surface area contributed by atoms with Crippen LogP contribution in [0.3, 0.4) is 0 Å². The molecule has 6 rings (SSSR count). The summed E-state index contributed by atoms with van der Waals surface area (Å²) in [6, 6.07) is 33.1. The number of piperidine rings is 1. The molecule has 1 saturated heterocycles. The molecule has 11 heteroatoms. The van der Waals surface area contributed by atoms with Crippen molar-refractivity contribution in [3.8, 4) is 5.75 Å². The van der Waals surface area contributed by atoms with Crippen molar-refractivity contribution in [3.63, 3.8) is 0 Å². The molecule has 0 aromatic heterocycles. The van der Waals surface area contributed by atoms with Gasteiger partial charge in [0.05, 0.1) is 6.54 Å². The lowest BCUT2D eigenvalue weighted by molar-refractivity contribution is -0.137. The Kier molecular flexibility index (Phi) is 13.7. The number of unbranched alkanes of at least 4 members (excludes halogenated alkanes) is 2. The van der Waals surface area contributed by atoms with Crippen molar-refractivity contribution in [1.29, 1.82) is 0 Å². The van der Waals surface area contributed by atoms with Crippen molar-refractivity contribution < 1.29 is 28.7 Å². The molecule has 56 heavy (non-hydrogen) atoms. The number of likely N-dealkylation sites (N-methyl/N-ethyl adjacent to an activating group) is 1. The van der Waals surface area contributed by atoms with E-state index in [9.17, 15) is 24.0 Å². The third-order valence-electron chi connectivity index (χ3n) is 10.2. The van der Waals surface area contributed by atoms with Crippen LogP contribution in [-0.4, -0.2) is 71.5 Å². The predicted molar refractivity (Wildman–Crippen MR) is 218 cm³/mol. The lowest BCUT2D eigenvalue weighted by Gasteiger charge is -2.29. The van der Waals surface area contributed by atoms with Gasteiger partial charge in [0.25, 0.3) is 5.91 Å². The Bertz CT molecular complexity index is 2070. The van der Waals surface area contributed by atoms with Crippen LogP contribution in [-0.2, 0) is 25.7 Å². The molecule has 1 atom stereocenters. The van der Waals surface area contributed by atoms with Crippen molar-refractivity contribution in [3.05, 3.63) is 131 Å². The first-order valence-corrected chi connectivity index (χ1v) is 19.7. The number of hydrogen-bond donors (Lipinski definition) is 2. The highest BCUT2D eigenvalue weighted by atomic mass is 35.5. The fourth-order valence-electron chi connectivity index (χ4n) is 7.26. The van der Waals surface area contributed by atoms with Crippen LogP contribution < -0.4 is 15.4 Å². The van der Waals surface area contributed by atoms with E-state index in [1.807, 2.05) is 48.5 Å². The highest BCUT2D eigenvalue weighted by molar-refractivity contribution is 6.18. The van der Waals surface area contributed by atoms with Crippen molar-refractivity contribution in [2.75, 3.05) is 31.4 Å². The molecule has 0 bridgehead atoms. The minimum Gasteiger partial charge on any atom is -0.492 e. The van der Waals surface area contributed by atoms with Crippen LogP contribution in [0.25, 0.3) is 11.1 Å². The second-order valence-electron chi connectivity index (χ2n) is 14.1. The molecule has 0 saturated carbocycles. The highest BCUT2D eigenvalue weighted by Crippen LogP contribution is 2.36. The quantitative estimate of drug-likeness (QED) is 0.0497. The van der Waals surface area contributed by atoms with Gasteiger partial charge in [0.1, 0.15) is 18.4 Å². The molecule has 10 nitrogen and oxygen atoms in total. The molecule has 1 unspecified atom stereocenters. The Labute approximate surface area is 332 Å². The Hall–Kier alpha value is -5.74. The van der Waals surface area contributed by atoms with Gasteiger partial charge in [-0.2, -0.15) is 0 Å². The number of nitrogens with zero attached hydrogens (tertiary/aromatic N) is 2. The second kappa shape index (κ2) is 19.2. The van der Waals surface area contributed by atoms with Crippen LogP contribution >= 0.6 is 11.6 Å². The van der Waals surface area contributed by atoms with E-state index in [1.165, 1.54) is 10.5 Å². The number of hydrogen-bond acceptors (Lipinski definition) is 6. The summed E-state index contributed by atoms with van der Waals surface area (Å²) >= 11 is 6.30. The summed E-state index contributed by atoms with van der Waals surface area (Å²) in [5.41, 5.74) is 7.28. The zero-order chi connectivity index (χ0) is 39.4. The number of nitrogens with one attached hydrogen (secondary N) is 2. The average molecular weight is 775 g/mol. The van der Waals surface area contributed by atoms with Gasteiger partial charge >= 0.3 is 0 Å². The van der Waals surface area contributed by atoms with Crippen LogP contribution in [0.5, 0.6) is 5.75 Å². The molecule has 2 heterocycles. The van der Waals surface area contributed by atoms with Gasteiger partial charge in [-0.25, -0.2) is 0 Å². The van der Waals surface area contributed by atoms with Crippen molar-refractivity contribution in [2.45, 2.75) is 64.0 Å². The topological polar surface area (TPSA) is 125 Å². The molecule has 0 spiro atoms. The van der Waals surface area contributed by atoms with Gasteiger partial charge in [0.15, 0.2) is 0 Å². The second-order valence-corrected chi connectivity index (χ2v) is 14.4. The summed E-state index contributed by atoms with van der Waals surface area (Å²) in [6.07, 6.45) is 3.79. The fourth-order valence-corrected chi connectivity index (χ4v) is 7.44. The van der Waals surface area contributed by atoms with Crippen molar-refractivity contribution in [2.24, 2.45) is 0 Å². The lowest BCUT2D eigenvalue weighted by atomic mass is 9.88. The largest absolute Gasteiger partial charge is 0.492 e. The highest BCUT2D eigenvalue weighted by Gasteiger charge is 2.40. The maximum absolute atomic E-state index is 13.1. The van der Waals surface area contributed by atoms with Crippen LogP contribution in [0, 0.1) is 0 Å². The van der Waals surface area contributed by atoms with E-state index in [4.69, 9.17) is 16.3 Å². The fraction of sp³-hybridized carbons (Fsp3) is 0.311. The number of halogens is 1. The Morgan fingerprint density at radius 1 is 0.821 bits per heavy atom. The Morgan fingerprint density at radius 2 is 1.50 bits per heavy atom. The summed E-state index contributed by atoms with van der Waals surface area (Å²) in [7, 11) is 1.77. The SMILES string of the molecule is CN(CCOc1ccc(/C(=C(/CCCl)c2ccccc2)c2ccccc2)cc1)C(=O)CCCCCC(=O)Nc1cccc2c1CN(C1CCC(=O)NC1=O)C2=O. The first-order chi connectivity index (χ1) is 27.2. The van der Waals surface area contributed by atoms with Gasteiger partial charge in [-0.1, -0.05) is 85.3 Å². The first kappa shape index (κ1) is 39.9. The monoisotopic (exact) mass is 774 g/mol. The van der Waals surface area contributed by atoms with Crippen LogP contribution in [0.4, 0.5) is 5.69 Å². The van der Waals surface area contributed by atoms with Gasteiger partial charge in [0, 0.05) is 55.5 Å². The normalized spacial score (nSPS) is 15.5. The minimum atomic E-state index is -0.721. The zero-order valence-corrected chi connectivity index (χ0v) is 32.4. The summed E-state index contributed by atoms with van der Waals surface area (Å²) in [4.78, 5) is 65.9. The minimum absolute atomic E-state index is 0.0175. The van der Waals surface area contributed by atoms with Crippen molar-refractivity contribution >= 4 is 58.0 Å². The van der Waals surface area contributed by atoms with E-state index >= 15 is 0 Å². The van der Waals surface area contributed by atoms with E-state index < -0.39 is 11.9 Å². The van der Waals surface area contributed by atoms with Gasteiger partial charge in [-0.3, -0.25) is 29.3 Å². The third-order valence-corrected chi connectivity index (χ3v) is 10.4. The maximum atomic E-state index is 13.1. The molecule has 4 aromatic rings. The molecule has 2 N–H and O–H groups in total. The van der Waals surface area contributed by atoms with E-state index in [-0.39, 0.29) is 49.4 Å².